The number of rotatable bonds is 8. The third-order valence-corrected chi connectivity index (χ3v) is 6.39. The smallest absolute Gasteiger partial charge is 0.323 e. The van der Waals surface area contributed by atoms with Crippen molar-refractivity contribution in [3.8, 4) is 0 Å². The minimum absolute atomic E-state index is 0.0629. The Kier molecular flexibility index (Phi) is 6.59. The molecule has 7 nitrogen and oxygen atoms in total. The van der Waals surface area contributed by atoms with Crippen LogP contribution in [-0.2, 0) is 27.8 Å². The van der Waals surface area contributed by atoms with Crippen LogP contribution in [0.25, 0.3) is 11.0 Å². The van der Waals surface area contributed by atoms with Crippen molar-refractivity contribution >= 4 is 32.7 Å². The first-order valence-electron chi connectivity index (χ1n) is 10.3. The van der Waals surface area contributed by atoms with Gasteiger partial charge in [-0.15, -0.1) is 0 Å². The van der Waals surface area contributed by atoms with Crippen LogP contribution < -0.4 is 4.72 Å². The molecule has 0 aliphatic carbocycles. The molecule has 0 fully saturated rings. The minimum atomic E-state index is -3.91. The first kappa shape index (κ1) is 23.7. The maximum absolute atomic E-state index is 13.1. The fraction of sp³-hybridized carbons (Fsp3) is 0.391. The number of aliphatic carboxylic acids is 1. The largest absolute Gasteiger partial charge is 0.480 e. The molecular weight excluding hydrogens is 433 g/mol. The van der Waals surface area contributed by atoms with E-state index in [2.05, 4.69) is 37.4 Å². The van der Waals surface area contributed by atoms with Crippen molar-refractivity contribution in [3.63, 3.8) is 0 Å². The van der Waals surface area contributed by atoms with Gasteiger partial charge < -0.3 is 9.67 Å². The summed E-state index contributed by atoms with van der Waals surface area (Å²) in [6.45, 7) is 8.35. The molecule has 172 valence electrons. The van der Waals surface area contributed by atoms with Crippen LogP contribution in [0.2, 0.25) is 0 Å². The molecule has 1 atom stereocenters. The number of halogens is 1. The predicted molar refractivity (Wildman–Crippen MR) is 122 cm³/mol. The Hall–Kier alpha value is -2.94. The first-order chi connectivity index (χ1) is 14.8. The fourth-order valence-electron chi connectivity index (χ4n) is 3.97. The second kappa shape index (κ2) is 8.90. The number of aromatic nitrogens is 2. The summed E-state index contributed by atoms with van der Waals surface area (Å²) in [6, 6.07) is 9.33. The van der Waals surface area contributed by atoms with Crippen molar-refractivity contribution in [1.29, 1.82) is 0 Å². The van der Waals surface area contributed by atoms with E-state index in [4.69, 9.17) is 0 Å². The monoisotopic (exact) mass is 461 g/mol. The first-order valence-corrected chi connectivity index (χ1v) is 11.8. The average Bonchev–Trinajstić information content (AvgIpc) is 2.95. The molecule has 0 saturated carbocycles. The molecule has 0 aliphatic heterocycles. The van der Waals surface area contributed by atoms with E-state index in [0.29, 0.717) is 23.3 Å². The summed E-state index contributed by atoms with van der Waals surface area (Å²) >= 11 is 0. The van der Waals surface area contributed by atoms with E-state index in [1.807, 2.05) is 0 Å². The second-order valence-electron chi connectivity index (χ2n) is 9.34. The number of benzene rings is 2. The maximum atomic E-state index is 13.1. The highest BCUT2D eigenvalue weighted by Gasteiger charge is 2.21. The molecule has 32 heavy (non-hydrogen) atoms. The van der Waals surface area contributed by atoms with Crippen molar-refractivity contribution < 1.29 is 22.7 Å². The number of carboxylic acid groups (broad SMARTS) is 1. The lowest BCUT2D eigenvalue weighted by Crippen LogP contribution is -2.17. The number of nitrogens with one attached hydrogen (secondary N) is 1. The van der Waals surface area contributed by atoms with Crippen molar-refractivity contribution in [1.82, 2.24) is 9.55 Å². The van der Waals surface area contributed by atoms with Gasteiger partial charge >= 0.3 is 5.97 Å². The molecule has 0 bridgehead atoms. The third kappa shape index (κ3) is 5.85. The molecule has 0 radical (unpaired) electrons. The van der Waals surface area contributed by atoms with Gasteiger partial charge in [0.15, 0.2) is 0 Å². The maximum Gasteiger partial charge on any atom is 0.323 e. The number of hydrogen-bond acceptors (Lipinski definition) is 4. The van der Waals surface area contributed by atoms with Gasteiger partial charge in [-0.25, -0.2) is 17.8 Å². The van der Waals surface area contributed by atoms with Gasteiger partial charge in [0.25, 0.3) is 10.0 Å². The molecule has 0 aliphatic rings. The topological polar surface area (TPSA) is 101 Å². The van der Waals surface area contributed by atoms with Crippen LogP contribution in [0.1, 0.15) is 39.9 Å². The van der Waals surface area contributed by atoms with Gasteiger partial charge in [-0.3, -0.25) is 9.52 Å². The van der Waals surface area contributed by atoms with Crippen LogP contribution in [0.15, 0.2) is 47.4 Å². The quantitative estimate of drug-likeness (QED) is 0.507. The van der Waals surface area contributed by atoms with Gasteiger partial charge in [0.2, 0.25) is 0 Å². The molecule has 1 heterocycles. The number of carbonyl (C=O) groups is 1. The molecule has 3 aromatic rings. The van der Waals surface area contributed by atoms with E-state index in [1.165, 1.54) is 12.1 Å². The number of imidazole rings is 1. The lowest BCUT2D eigenvalue weighted by molar-refractivity contribution is -0.137. The molecule has 1 aromatic heterocycles. The number of carboxylic acids is 1. The summed E-state index contributed by atoms with van der Waals surface area (Å²) in [7, 11) is -3.91. The summed E-state index contributed by atoms with van der Waals surface area (Å²) < 4.78 is 42.5. The Labute approximate surface area is 187 Å². The highest BCUT2D eigenvalue weighted by atomic mass is 32.2. The molecule has 0 spiro atoms. The van der Waals surface area contributed by atoms with Crippen LogP contribution in [0.4, 0.5) is 10.1 Å². The standard InChI is InChI=1S/C23H28FN3O4S/c1-15(13-23(2,3)4)11-21-25-19-12-17(7-10-20(19)27(21)14-22(28)29)26-32(30,31)18-8-5-16(24)6-9-18/h5-10,12,15,26H,11,13-14H2,1-4H3,(H,28,29). The molecule has 2 N–H and O–H groups in total. The van der Waals surface area contributed by atoms with Crippen LogP contribution >= 0.6 is 0 Å². The van der Waals surface area contributed by atoms with E-state index >= 15 is 0 Å². The second-order valence-corrected chi connectivity index (χ2v) is 11.0. The van der Waals surface area contributed by atoms with E-state index in [0.717, 1.165) is 18.6 Å². The lowest BCUT2D eigenvalue weighted by atomic mass is 9.84. The van der Waals surface area contributed by atoms with Gasteiger partial charge in [-0.2, -0.15) is 0 Å². The number of anilines is 1. The summed E-state index contributed by atoms with van der Waals surface area (Å²) in [5.41, 5.74) is 1.55. The normalized spacial score (nSPS) is 13.3. The van der Waals surface area contributed by atoms with Gasteiger partial charge in [0.05, 0.1) is 21.6 Å². The number of nitrogens with zero attached hydrogens (tertiary/aromatic N) is 2. The van der Waals surface area contributed by atoms with Crippen LogP contribution in [0.3, 0.4) is 0 Å². The highest BCUT2D eigenvalue weighted by molar-refractivity contribution is 7.92. The van der Waals surface area contributed by atoms with Gasteiger partial charge in [-0.1, -0.05) is 27.7 Å². The molecule has 0 saturated heterocycles. The van der Waals surface area contributed by atoms with Gasteiger partial charge in [0.1, 0.15) is 18.2 Å². The van der Waals surface area contributed by atoms with Crippen LogP contribution in [-0.4, -0.2) is 29.0 Å². The summed E-state index contributed by atoms with van der Waals surface area (Å²) in [5, 5.41) is 9.38. The van der Waals surface area contributed by atoms with Crippen molar-refractivity contribution in [2.24, 2.45) is 11.3 Å². The number of hydrogen-bond donors (Lipinski definition) is 2. The molecule has 1 unspecified atom stereocenters. The Balaban J connectivity index is 1.93. The highest BCUT2D eigenvalue weighted by Crippen LogP contribution is 2.28. The predicted octanol–water partition coefficient (Wildman–Crippen LogP) is 4.68. The van der Waals surface area contributed by atoms with Crippen molar-refractivity contribution in [2.45, 2.75) is 52.0 Å². The Morgan fingerprint density at radius 2 is 1.84 bits per heavy atom. The third-order valence-electron chi connectivity index (χ3n) is 4.99. The van der Waals surface area contributed by atoms with Gasteiger partial charge in [-0.05, 0) is 60.2 Å². The number of sulfonamides is 1. The molecule has 0 amide bonds. The Morgan fingerprint density at radius 1 is 1.19 bits per heavy atom. The van der Waals surface area contributed by atoms with Crippen LogP contribution in [0.5, 0.6) is 0 Å². The summed E-state index contributed by atoms with van der Waals surface area (Å²) in [5.74, 6) is -0.564. The average molecular weight is 462 g/mol. The van der Waals surface area contributed by atoms with Crippen molar-refractivity contribution in [2.75, 3.05) is 4.72 Å². The zero-order chi connectivity index (χ0) is 23.7. The Bertz CT molecular complexity index is 1230. The number of fused-ring (bicyclic) bond motifs is 1. The minimum Gasteiger partial charge on any atom is -0.480 e. The Morgan fingerprint density at radius 3 is 2.44 bits per heavy atom. The molecule has 9 heteroatoms. The van der Waals surface area contributed by atoms with Gasteiger partial charge in [0, 0.05) is 6.42 Å². The molecule has 3 rings (SSSR count). The summed E-state index contributed by atoms with van der Waals surface area (Å²) in [4.78, 5) is 16.0. The zero-order valence-electron chi connectivity index (χ0n) is 18.6. The lowest BCUT2D eigenvalue weighted by Gasteiger charge is -2.23. The summed E-state index contributed by atoms with van der Waals surface area (Å²) in [6.07, 6.45) is 1.56. The van der Waals surface area contributed by atoms with E-state index in [9.17, 15) is 22.7 Å². The molecular formula is C23H28FN3O4S. The fourth-order valence-corrected chi connectivity index (χ4v) is 5.02. The zero-order valence-corrected chi connectivity index (χ0v) is 19.4. The van der Waals surface area contributed by atoms with E-state index < -0.39 is 21.8 Å². The van der Waals surface area contributed by atoms with Crippen LogP contribution in [0, 0.1) is 17.2 Å². The van der Waals surface area contributed by atoms with Crippen molar-refractivity contribution in [3.05, 3.63) is 54.1 Å². The van der Waals surface area contributed by atoms with E-state index in [-0.39, 0.29) is 28.5 Å². The SMILES string of the molecule is CC(Cc1nc2cc(NS(=O)(=O)c3ccc(F)cc3)ccc2n1CC(=O)O)CC(C)(C)C. The van der Waals surface area contributed by atoms with E-state index in [1.54, 1.807) is 22.8 Å². The molecule has 2 aromatic carbocycles.